The van der Waals surface area contributed by atoms with E-state index in [1.165, 1.54) is 11.8 Å². The van der Waals surface area contributed by atoms with Gasteiger partial charge in [0, 0.05) is 0 Å². The summed E-state index contributed by atoms with van der Waals surface area (Å²) in [5.74, 6) is 1.12. The van der Waals surface area contributed by atoms with Gasteiger partial charge in [-0.25, -0.2) is 4.98 Å². The van der Waals surface area contributed by atoms with E-state index in [2.05, 4.69) is 20.2 Å². The van der Waals surface area contributed by atoms with Crippen molar-refractivity contribution < 1.29 is 0 Å². The molecule has 0 unspecified atom stereocenters. The number of H-pyrrole nitrogens is 1. The third-order valence-electron chi connectivity index (χ3n) is 3.89. The fourth-order valence-electron chi connectivity index (χ4n) is 2.66. The van der Waals surface area contributed by atoms with Crippen molar-refractivity contribution in [2.75, 3.05) is 0 Å². The van der Waals surface area contributed by atoms with E-state index in [0.717, 1.165) is 16.4 Å². The highest BCUT2D eigenvalue weighted by Gasteiger charge is 2.10. The van der Waals surface area contributed by atoms with E-state index in [4.69, 9.17) is 0 Å². The fourth-order valence-corrected chi connectivity index (χ4v) is 3.45. The van der Waals surface area contributed by atoms with Gasteiger partial charge in [-0.2, -0.15) is 0 Å². The van der Waals surface area contributed by atoms with Crippen LogP contribution in [0.2, 0.25) is 0 Å². The molecule has 0 fully saturated rings. The van der Waals surface area contributed by atoms with Crippen LogP contribution in [0.5, 0.6) is 0 Å². The molecule has 6 nitrogen and oxygen atoms in total. The maximum Gasteiger partial charge on any atom is 0.258 e. The van der Waals surface area contributed by atoms with Crippen molar-refractivity contribution >= 4 is 22.7 Å². The maximum atomic E-state index is 12.2. The van der Waals surface area contributed by atoms with Gasteiger partial charge < -0.3 is 4.98 Å². The van der Waals surface area contributed by atoms with Gasteiger partial charge in [0.05, 0.1) is 22.3 Å². The number of nitrogens with zero attached hydrogens (tertiary/aromatic N) is 4. The van der Waals surface area contributed by atoms with Gasteiger partial charge in [0.1, 0.15) is 12.2 Å². The molecule has 7 heteroatoms. The Hall–Kier alpha value is -2.93. The molecule has 0 bridgehead atoms. The van der Waals surface area contributed by atoms with E-state index < -0.39 is 0 Å². The molecule has 0 saturated carbocycles. The minimum atomic E-state index is -0.124. The first-order valence-electron chi connectivity index (χ1n) is 7.79. The zero-order valence-electron chi connectivity index (χ0n) is 13.5. The van der Waals surface area contributed by atoms with Crippen molar-refractivity contribution in [2.24, 2.45) is 0 Å². The summed E-state index contributed by atoms with van der Waals surface area (Å²) >= 11 is 1.48. The zero-order chi connectivity index (χ0) is 17.2. The van der Waals surface area contributed by atoms with Gasteiger partial charge in [0.25, 0.3) is 5.56 Å². The predicted octanol–water partition coefficient (Wildman–Crippen LogP) is 3.10. The van der Waals surface area contributed by atoms with E-state index in [9.17, 15) is 4.79 Å². The summed E-state index contributed by atoms with van der Waals surface area (Å²) in [5, 5.41) is 9.56. The number of para-hydroxylation sites is 2. The van der Waals surface area contributed by atoms with E-state index >= 15 is 0 Å². The Morgan fingerprint density at radius 2 is 1.92 bits per heavy atom. The Kier molecular flexibility index (Phi) is 4.07. The van der Waals surface area contributed by atoms with Crippen LogP contribution in [-0.4, -0.2) is 24.7 Å². The molecule has 0 aliphatic heterocycles. The summed E-state index contributed by atoms with van der Waals surface area (Å²) in [5.41, 5.74) is 2.75. The SMILES string of the molecule is Cc1ccccc1-n1cnnc1SCc1nc2ccccc2c(=O)[nH]1. The minimum Gasteiger partial charge on any atom is -0.309 e. The Balaban J connectivity index is 1.62. The number of aryl methyl sites for hydroxylation is 1. The second-order valence-electron chi connectivity index (χ2n) is 5.59. The number of nitrogens with one attached hydrogen (secondary N) is 1. The smallest absolute Gasteiger partial charge is 0.258 e. The lowest BCUT2D eigenvalue weighted by atomic mass is 10.2. The standard InChI is InChI=1S/C18H15N5OS/c1-12-6-2-5-9-15(12)23-11-19-22-18(23)25-10-16-20-14-8-4-3-7-13(14)17(24)21-16/h2-9,11H,10H2,1H3,(H,20,21,24). The molecule has 2 aromatic heterocycles. The molecule has 1 N–H and O–H groups in total. The fraction of sp³-hybridized carbons (Fsp3) is 0.111. The largest absolute Gasteiger partial charge is 0.309 e. The van der Waals surface area contributed by atoms with Crippen LogP contribution in [0.15, 0.2) is 64.8 Å². The van der Waals surface area contributed by atoms with Gasteiger partial charge in [-0.15, -0.1) is 10.2 Å². The number of aromatic amines is 1. The minimum absolute atomic E-state index is 0.124. The quantitative estimate of drug-likeness (QED) is 0.573. The lowest BCUT2D eigenvalue weighted by Gasteiger charge is -2.09. The summed E-state index contributed by atoms with van der Waals surface area (Å²) < 4.78 is 1.94. The average Bonchev–Trinajstić information content (AvgIpc) is 3.09. The number of aromatic nitrogens is 5. The van der Waals surface area contributed by atoms with Gasteiger partial charge in [-0.05, 0) is 30.7 Å². The van der Waals surface area contributed by atoms with Crippen molar-refractivity contribution in [1.29, 1.82) is 0 Å². The maximum absolute atomic E-state index is 12.2. The van der Waals surface area contributed by atoms with E-state index in [0.29, 0.717) is 22.5 Å². The Morgan fingerprint density at radius 1 is 1.12 bits per heavy atom. The van der Waals surface area contributed by atoms with Crippen LogP contribution in [0.1, 0.15) is 11.4 Å². The van der Waals surface area contributed by atoms with Gasteiger partial charge in [0.15, 0.2) is 5.16 Å². The van der Waals surface area contributed by atoms with Crippen LogP contribution in [0.4, 0.5) is 0 Å². The van der Waals surface area contributed by atoms with Crippen LogP contribution < -0.4 is 5.56 Å². The van der Waals surface area contributed by atoms with Crippen molar-refractivity contribution in [1.82, 2.24) is 24.7 Å². The summed E-state index contributed by atoms with van der Waals surface area (Å²) in [4.78, 5) is 19.5. The topological polar surface area (TPSA) is 76.5 Å². The number of hydrogen-bond acceptors (Lipinski definition) is 5. The third kappa shape index (κ3) is 3.06. The van der Waals surface area contributed by atoms with Gasteiger partial charge >= 0.3 is 0 Å². The van der Waals surface area contributed by atoms with Crippen LogP contribution in [-0.2, 0) is 5.75 Å². The van der Waals surface area contributed by atoms with Crippen LogP contribution in [0.25, 0.3) is 16.6 Å². The summed E-state index contributed by atoms with van der Waals surface area (Å²) in [7, 11) is 0. The van der Waals surface area contributed by atoms with Crippen LogP contribution in [0.3, 0.4) is 0 Å². The first-order valence-corrected chi connectivity index (χ1v) is 8.78. The molecule has 0 aliphatic carbocycles. The normalized spacial score (nSPS) is 11.1. The molecule has 4 aromatic rings. The Bertz CT molecular complexity index is 1100. The summed E-state index contributed by atoms with van der Waals surface area (Å²) in [6, 6.07) is 15.4. The third-order valence-corrected chi connectivity index (χ3v) is 4.85. The molecule has 2 aromatic carbocycles. The summed E-state index contributed by atoms with van der Waals surface area (Å²) in [6.45, 7) is 2.05. The number of hydrogen-bond donors (Lipinski definition) is 1. The lowest BCUT2D eigenvalue weighted by Crippen LogP contribution is -2.11. The van der Waals surface area contributed by atoms with Crippen molar-refractivity contribution in [3.8, 4) is 5.69 Å². The highest BCUT2D eigenvalue weighted by molar-refractivity contribution is 7.98. The molecule has 4 rings (SSSR count). The highest BCUT2D eigenvalue weighted by atomic mass is 32.2. The first kappa shape index (κ1) is 15.6. The van der Waals surface area contributed by atoms with Crippen molar-refractivity contribution in [2.45, 2.75) is 17.8 Å². The second-order valence-corrected chi connectivity index (χ2v) is 6.53. The van der Waals surface area contributed by atoms with E-state index in [1.54, 1.807) is 12.4 Å². The molecule has 0 amide bonds. The number of benzene rings is 2. The molecule has 0 radical (unpaired) electrons. The van der Waals surface area contributed by atoms with Gasteiger partial charge in [-0.1, -0.05) is 42.1 Å². The van der Waals surface area contributed by atoms with E-state index in [-0.39, 0.29) is 5.56 Å². The Labute approximate surface area is 148 Å². The van der Waals surface area contributed by atoms with Gasteiger partial charge in [0.2, 0.25) is 0 Å². The first-order chi connectivity index (χ1) is 12.2. The van der Waals surface area contributed by atoms with Crippen molar-refractivity contribution in [3.63, 3.8) is 0 Å². The molecule has 124 valence electrons. The molecule has 25 heavy (non-hydrogen) atoms. The zero-order valence-corrected chi connectivity index (χ0v) is 14.3. The number of thioether (sulfide) groups is 1. The number of rotatable bonds is 4. The summed E-state index contributed by atoms with van der Waals surface area (Å²) in [6.07, 6.45) is 1.70. The van der Waals surface area contributed by atoms with Crippen molar-refractivity contribution in [3.05, 3.63) is 76.6 Å². The lowest BCUT2D eigenvalue weighted by molar-refractivity contribution is 0.875. The molecule has 0 atom stereocenters. The van der Waals surface area contributed by atoms with Gasteiger partial charge in [-0.3, -0.25) is 9.36 Å². The molecule has 0 saturated heterocycles. The van der Waals surface area contributed by atoms with E-state index in [1.807, 2.05) is 54.0 Å². The highest BCUT2D eigenvalue weighted by Crippen LogP contribution is 2.23. The molecular weight excluding hydrogens is 334 g/mol. The number of fused-ring (bicyclic) bond motifs is 1. The molecule has 0 spiro atoms. The molecule has 0 aliphatic rings. The monoisotopic (exact) mass is 349 g/mol. The molecular formula is C18H15N5OS. The second kappa shape index (κ2) is 6.52. The van der Waals surface area contributed by atoms with Crippen LogP contribution in [0, 0.1) is 6.92 Å². The Morgan fingerprint density at radius 3 is 2.80 bits per heavy atom. The molecule has 2 heterocycles. The average molecular weight is 349 g/mol. The van der Waals surface area contributed by atoms with Crippen LogP contribution >= 0.6 is 11.8 Å². The predicted molar refractivity (Wildman–Crippen MR) is 98.0 cm³/mol.